The molecular weight excluding hydrogens is 578 g/mol. The van der Waals surface area contributed by atoms with Gasteiger partial charge in [-0.3, -0.25) is 13.9 Å². The lowest BCUT2D eigenvalue weighted by molar-refractivity contribution is -0.139. The molecule has 0 fully saturated rings. The van der Waals surface area contributed by atoms with Gasteiger partial charge in [-0.2, -0.15) is 0 Å². The van der Waals surface area contributed by atoms with Crippen LogP contribution >= 0.6 is 11.6 Å². The van der Waals surface area contributed by atoms with Crippen molar-refractivity contribution in [3.05, 3.63) is 83.4 Å². The summed E-state index contributed by atoms with van der Waals surface area (Å²) in [5.74, 6) is 0.470. The third-order valence-electron chi connectivity index (χ3n) is 6.46. The van der Waals surface area contributed by atoms with E-state index >= 15 is 0 Å². The van der Waals surface area contributed by atoms with Crippen molar-refractivity contribution in [2.24, 2.45) is 5.92 Å². The van der Waals surface area contributed by atoms with E-state index in [-0.39, 0.29) is 29.0 Å². The summed E-state index contributed by atoms with van der Waals surface area (Å²) in [6.07, 6.45) is 0. The van der Waals surface area contributed by atoms with Crippen molar-refractivity contribution >= 4 is 39.1 Å². The van der Waals surface area contributed by atoms with Crippen molar-refractivity contribution in [3.63, 3.8) is 0 Å². The maximum absolute atomic E-state index is 14.0. The molecular formula is C31H38ClN3O6S. The number of rotatable bonds is 14. The molecule has 0 aromatic heterocycles. The molecule has 0 saturated carbocycles. The first-order valence-corrected chi connectivity index (χ1v) is 15.5. The topological polar surface area (TPSA) is 105 Å². The zero-order valence-corrected chi connectivity index (χ0v) is 26.1. The van der Waals surface area contributed by atoms with Gasteiger partial charge in [-0.1, -0.05) is 37.6 Å². The Morgan fingerprint density at radius 3 is 2.21 bits per heavy atom. The summed E-state index contributed by atoms with van der Waals surface area (Å²) in [4.78, 5) is 28.5. The first-order chi connectivity index (χ1) is 20.0. The number of ether oxygens (including phenoxy) is 2. The van der Waals surface area contributed by atoms with Crippen LogP contribution in [0.4, 0.5) is 5.69 Å². The number of hydrogen-bond donors (Lipinski definition) is 1. The van der Waals surface area contributed by atoms with Crippen LogP contribution in [-0.2, 0) is 26.2 Å². The van der Waals surface area contributed by atoms with Gasteiger partial charge in [-0.25, -0.2) is 8.42 Å². The molecule has 0 aliphatic carbocycles. The second-order valence-corrected chi connectivity index (χ2v) is 12.4. The lowest BCUT2D eigenvalue weighted by Gasteiger charge is -2.32. The summed E-state index contributed by atoms with van der Waals surface area (Å²) < 4.78 is 39.7. The maximum Gasteiger partial charge on any atom is 0.264 e. The van der Waals surface area contributed by atoms with Crippen LogP contribution in [0.3, 0.4) is 0 Å². The molecule has 1 N–H and O–H groups in total. The lowest BCUT2D eigenvalue weighted by Crippen LogP contribution is -2.51. The van der Waals surface area contributed by atoms with E-state index in [9.17, 15) is 18.0 Å². The molecule has 0 heterocycles. The molecule has 0 radical (unpaired) electrons. The van der Waals surface area contributed by atoms with E-state index < -0.39 is 28.5 Å². The average Bonchev–Trinajstić information content (AvgIpc) is 2.97. The fourth-order valence-corrected chi connectivity index (χ4v) is 5.68. The molecule has 3 aromatic carbocycles. The van der Waals surface area contributed by atoms with Gasteiger partial charge in [0.25, 0.3) is 10.0 Å². The number of hydrogen-bond acceptors (Lipinski definition) is 6. The van der Waals surface area contributed by atoms with Gasteiger partial charge in [0.15, 0.2) is 0 Å². The van der Waals surface area contributed by atoms with Crippen LogP contribution in [0.2, 0.25) is 5.02 Å². The third kappa shape index (κ3) is 8.62. The Morgan fingerprint density at radius 1 is 0.952 bits per heavy atom. The van der Waals surface area contributed by atoms with Crippen LogP contribution in [0.25, 0.3) is 0 Å². The molecule has 0 bridgehead atoms. The zero-order valence-electron chi connectivity index (χ0n) is 24.5. The Labute approximate surface area is 253 Å². The molecule has 0 aliphatic rings. The van der Waals surface area contributed by atoms with E-state index in [1.807, 2.05) is 26.8 Å². The predicted octanol–water partition coefficient (Wildman–Crippen LogP) is 5.13. The minimum Gasteiger partial charge on any atom is -0.497 e. The molecule has 0 saturated heterocycles. The molecule has 42 heavy (non-hydrogen) atoms. The Kier molecular flexibility index (Phi) is 11.6. The summed E-state index contributed by atoms with van der Waals surface area (Å²) in [6.45, 7) is 7.81. The summed E-state index contributed by atoms with van der Waals surface area (Å²) in [6, 6.07) is 18.4. The van der Waals surface area contributed by atoms with E-state index in [0.717, 1.165) is 9.87 Å². The number of sulfonamides is 1. The zero-order chi connectivity index (χ0) is 30.9. The molecule has 226 valence electrons. The van der Waals surface area contributed by atoms with Gasteiger partial charge in [0.05, 0.1) is 24.3 Å². The van der Waals surface area contributed by atoms with Crippen molar-refractivity contribution in [2.75, 3.05) is 31.1 Å². The number of halogens is 1. The summed E-state index contributed by atoms with van der Waals surface area (Å²) >= 11 is 6.01. The normalized spacial score (nSPS) is 12.0. The number of methoxy groups -OCH3 is 1. The lowest BCUT2D eigenvalue weighted by atomic mass is 10.1. The Hall–Kier alpha value is -3.76. The van der Waals surface area contributed by atoms with Crippen molar-refractivity contribution in [1.29, 1.82) is 0 Å². The van der Waals surface area contributed by atoms with Gasteiger partial charge in [0.2, 0.25) is 11.8 Å². The van der Waals surface area contributed by atoms with Crippen LogP contribution in [0.1, 0.15) is 33.3 Å². The van der Waals surface area contributed by atoms with E-state index in [1.165, 1.54) is 29.2 Å². The van der Waals surface area contributed by atoms with E-state index in [1.54, 1.807) is 56.5 Å². The Balaban J connectivity index is 2.02. The number of nitrogens with zero attached hydrogens (tertiary/aromatic N) is 2. The molecule has 3 aromatic rings. The number of carbonyl (C=O) groups excluding carboxylic acids is 2. The van der Waals surface area contributed by atoms with Crippen LogP contribution < -0.4 is 19.1 Å². The fourth-order valence-electron chi connectivity index (χ4n) is 4.14. The molecule has 1 atom stereocenters. The summed E-state index contributed by atoms with van der Waals surface area (Å²) in [5, 5.41) is 3.25. The monoisotopic (exact) mass is 615 g/mol. The molecule has 9 nitrogen and oxygen atoms in total. The van der Waals surface area contributed by atoms with Gasteiger partial charge >= 0.3 is 0 Å². The Bertz CT molecular complexity index is 1450. The maximum atomic E-state index is 14.0. The standard InChI is InChI=1S/C31H38ClN3O6S/c1-6-41-27-14-12-26(13-15-27)35(42(38,39)29-16-10-25(32)11-17-29)21-30(36)34(23(4)31(37)33-19-22(2)3)20-24-8-7-9-28(18-24)40-5/h7-18,22-23H,6,19-21H2,1-5H3,(H,33,37)/t23-/m1/s1. The number of benzene rings is 3. The molecule has 11 heteroatoms. The summed E-state index contributed by atoms with van der Waals surface area (Å²) in [7, 11) is -2.67. The van der Waals surface area contributed by atoms with Crippen LogP contribution in [0, 0.1) is 5.92 Å². The highest BCUT2D eigenvalue weighted by Gasteiger charge is 2.32. The van der Waals surface area contributed by atoms with E-state index in [2.05, 4.69) is 5.32 Å². The molecule has 3 rings (SSSR count). The highest BCUT2D eigenvalue weighted by Crippen LogP contribution is 2.27. The smallest absolute Gasteiger partial charge is 0.264 e. The van der Waals surface area contributed by atoms with Crippen molar-refractivity contribution in [1.82, 2.24) is 10.2 Å². The largest absolute Gasteiger partial charge is 0.497 e. The number of nitrogens with one attached hydrogen (secondary N) is 1. The number of amides is 2. The highest BCUT2D eigenvalue weighted by molar-refractivity contribution is 7.92. The van der Waals surface area contributed by atoms with Crippen molar-refractivity contribution in [3.8, 4) is 11.5 Å². The fraction of sp³-hybridized carbons (Fsp3) is 0.355. The molecule has 0 spiro atoms. The van der Waals surface area contributed by atoms with Gasteiger partial charge in [0.1, 0.15) is 24.1 Å². The average molecular weight is 616 g/mol. The van der Waals surface area contributed by atoms with Crippen molar-refractivity contribution < 1.29 is 27.5 Å². The quantitative estimate of drug-likeness (QED) is 0.270. The van der Waals surface area contributed by atoms with Gasteiger partial charge in [-0.05, 0) is 86.0 Å². The number of anilines is 1. The second-order valence-electron chi connectivity index (χ2n) is 10.1. The molecule has 0 unspecified atom stereocenters. The van der Waals surface area contributed by atoms with Gasteiger partial charge in [-0.15, -0.1) is 0 Å². The van der Waals surface area contributed by atoms with E-state index in [4.69, 9.17) is 21.1 Å². The third-order valence-corrected chi connectivity index (χ3v) is 8.50. The first kappa shape index (κ1) is 32.8. The molecule has 2 amide bonds. The van der Waals surface area contributed by atoms with Crippen LogP contribution in [0.5, 0.6) is 11.5 Å². The Morgan fingerprint density at radius 2 is 1.62 bits per heavy atom. The van der Waals surface area contributed by atoms with Gasteiger partial charge in [0, 0.05) is 18.1 Å². The second kappa shape index (κ2) is 14.9. The van der Waals surface area contributed by atoms with Crippen LogP contribution in [0.15, 0.2) is 77.7 Å². The SMILES string of the molecule is CCOc1ccc(N(CC(=O)N(Cc2cccc(OC)c2)[C@H](C)C(=O)NCC(C)C)S(=O)(=O)c2ccc(Cl)cc2)cc1. The first-order valence-electron chi connectivity index (χ1n) is 13.7. The highest BCUT2D eigenvalue weighted by atomic mass is 35.5. The minimum absolute atomic E-state index is 0.0318. The van der Waals surface area contributed by atoms with E-state index in [0.29, 0.717) is 29.7 Å². The number of carbonyl (C=O) groups is 2. The minimum atomic E-state index is -4.21. The summed E-state index contributed by atoms with van der Waals surface area (Å²) in [5.41, 5.74) is 0.986. The van der Waals surface area contributed by atoms with Crippen LogP contribution in [-0.4, -0.2) is 58.0 Å². The van der Waals surface area contributed by atoms with Crippen molar-refractivity contribution in [2.45, 2.75) is 45.2 Å². The molecule has 0 aliphatic heterocycles. The predicted molar refractivity (Wildman–Crippen MR) is 164 cm³/mol. The van der Waals surface area contributed by atoms with Gasteiger partial charge < -0.3 is 19.7 Å².